The predicted octanol–water partition coefficient (Wildman–Crippen LogP) is 2.58. The maximum atomic E-state index is 11.0. The van der Waals surface area contributed by atoms with Gasteiger partial charge in [-0.05, 0) is 42.3 Å². The molecule has 1 aliphatic carbocycles. The lowest BCUT2D eigenvalue weighted by molar-refractivity contribution is -0.114. The molecule has 1 aromatic rings. The Hall–Kier alpha value is -2.03. The Labute approximate surface area is 93.4 Å². The van der Waals surface area contributed by atoms with Crippen LogP contribution in [-0.4, -0.2) is 16.0 Å². The van der Waals surface area contributed by atoms with Crippen molar-refractivity contribution in [2.75, 3.05) is 0 Å². The molecule has 0 spiro atoms. The van der Waals surface area contributed by atoms with Crippen LogP contribution in [0.2, 0.25) is 0 Å². The average Bonchev–Trinajstić information content (AvgIpc) is 2.30. The summed E-state index contributed by atoms with van der Waals surface area (Å²) in [7, 11) is 0. The molecule has 0 aliphatic heterocycles. The first kappa shape index (κ1) is 10.5. The third-order valence-corrected chi connectivity index (χ3v) is 2.56. The van der Waals surface area contributed by atoms with Crippen LogP contribution in [0.1, 0.15) is 18.4 Å². The molecule has 0 fully saturated rings. The Morgan fingerprint density at radius 2 is 1.75 bits per heavy atom. The normalized spacial score (nSPS) is 18.6. The van der Waals surface area contributed by atoms with Gasteiger partial charge in [-0.1, -0.05) is 6.08 Å². The van der Waals surface area contributed by atoms with Crippen molar-refractivity contribution in [3.63, 3.8) is 0 Å². The number of carbonyl (C=O) groups is 1. The van der Waals surface area contributed by atoms with E-state index in [1.165, 1.54) is 18.2 Å². The molecule has 1 aromatic carbocycles. The number of aliphatic hydroxyl groups excluding tert-OH is 1. The number of phenolic OH excluding ortho intramolecular Hbond substituents is 1. The molecule has 0 saturated heterocycles. The zero-order chi connectivity index (χ0) is 11.5. The van der Waals surface area contributed by atoms with Crippen LogP contribution < -0.4 is 0 Å². The summed E-state index contributed by atoms with van der Waals surface area (Å²) in [4.78, 5) is 11.0. The molecule has 16 heavy (non-hydrogen) atoms. The summed E-state index contributed by atoms with van der Waals surface area (Å²) in [5.74, 6) is 0.418. The van der Waals surface area contributed by atoms with Crippen molar-refractivity contribution < 1.29 is 15.0 Å². The minimum Gasteiger partial charge on any atom is -0.508 e. The highest BCUT2D eigenvalue weighted by Gasteiger charge is 2.11. The average molecular weight is 216 g/mol. The number of hydrogen-bond acceptors (Lipinski definition) is 3. The Bertz CT molecular complexity index is 466. The summed E-state index contributed by atoms with van der Waals surface area (Å²) in [5.41, 5.74) is 1.40. The SMILES string of the molecule is O=C1C=CC(=C(O)c2ccc(O)cc2)CC1. The molecular weight excluding hydrogens is 204 g/mol. The molecule has 0 radical (unpaired) electrons. The van der Waals surface area contributed by atoms with Crippen LogP contribution >= 0.6 is 0 Å². The second-order valence-electron chi connectivity index (χ2n) is 3.72. The van der Waals surface area contributed by atoms with Crippen LogP contribution in [0.15, 0.2) is 42.0 Å². The molecule has 3 nitrogen and oxygen atoms in total. The fourth-order valence-electron chi connectivity index (χ4n) is 1.62. The maximum absolute atomic E-state index is 11.0. The molecule has 0 aromatic heterocycles. The number of hydrogen-bond donors (Lipinski definition) is 2. The van der Waals surface area contributed by atoms with Crippen LogP contribution in [0.4, 0.5) is 0 Å². The Morgan fingerprint density at radius 3 is 2.31 bits per heavy atom. The van der Waals surface area contributed by atoms with Crippen molar-refractivity contribution in [2.24, 2.45) is 0 Å². The molecule has 2 N–H and O–H groups in total. The van der Waals surface area contributed by atoms with Crippen molar-refractivity contribution in [1.82, 2.24) is 0 Å². The first-order chi connectivity index (χ1) is 7.66. The molecule has 1 aliphatic rings. The van der Waals surface area contributed by atoms with Gasteiger partial charge < -0.3 is 10.2 Å². The van der Waals surface area contributed by atoms with E-state index in [2.05, 4.69) is 0 Å². The van der Waals surface area contributed by atoms with Gasteiger partial charge in [0.05, 0.1) is 0 Å². The molecular formula is C13H12O3. The number of allylic oxidation sites excluding steroid dienone is 3. The van der Waals surface area contributed by atoms with Gasteiger partial charge in [-0.15, -0.1) is 0 Å². The fraction of sp³-hybridized carbons (Fsp3) is 0.154. The molecule has 2 rings (SSSR count). The Kier molecular flexibility index (Phi) is 2.77. The van der Waals surface area contributed by atoms with E-state index in [0.29, 0.717) is 18.4 Å². The standard InChI is InChI=1S/C13H12O3/c14-11-5-1-9(2-6-11)13(16)10-3-7-12(15)8-4-10/h1-3,5-7,14,16H,4,8H2. The van der Waals surface area contributed by atoms with Gasteiger partial charge in [-0.25, -0.2) is 0 Å². The van der Waals surface area contributed by atoms with E-state index in [1.54, 1.807) is 18.2 Å². The first-order valence-electron chi connectivity index (χ1n) is 5.09. The summed E-state index contributed by atoms with van der Waals surface area (Å²) in [6.45, 7) is 0. The van der Waals surface area contributed by atoms with Crippen molar-refractivity contribution in [3.05, 3.63) is 47.6 Å². The molecule has 0 heterocycles. The highest BCUT2D eigenvalue weighted by molar-refractivity contribution is 5.92. The van der Waals surface area contributed by atoms with E-state index in [-0.39, 0.29) is 17.3 Å². The number of rotatable bonds is 1. The van der Waals surface area contributed by atoms with Gasteiger partial charge in [-0.2, -0.15) is 0 Å². The lowest BCUT2D eigenvalue weighted by atomic mass is 9.97. The van der Waals surface area contributed by atoms with Gasteiger partial charge in [0.25, 0.3) is 0 Å². The lowest BCUT2D eigenvalue weighted by Crippen LogP contribution is -2.01. The second kappa shape index (κ2) is 4.23. The third kappa shape index (κ3) is 2.14. The van der Waals surface area contributed by atoms with Crippen LogP contribution in [0.3, 0.4) is 0 Å². The highest BCUT2D eigenvalue weighted by Crippen LogP contribution is 2.24. The third-order valence-electron chi connectivity index (χ3n) is 2.56. The van der Waals surface area contributed by atoms with E-state index in [0.717, 1.165) is 5.57 Å². The van der Waals surface area contributed by atoms with Crippen molar-refractivity contribution in [2.45, 2.75) is 12.8 Å². The quantitative estimate of drug-likeness (QED) is 0.709. The molecule has 0 unspecified atom stereocenters. The summed E-state index contributed by atoms with van der Waals surface area (Å²) in [6, 6.07) is 6.32. The minimum absolute atomic E-state index is 0.0854. The summed E-state index contributed by atoms with van der Waals surface area (Å²) >= 11 is 0. The van der Waals surface area contributed by atoms with Gasteiger partial charge in [0, 0.05) is 12.0 Å². The Balaban J connectivity index is 2.33. The van der Waals surface area contributed by atoms with E-state index in [9.17, 15) is 9.90 Å². The number of phenols is 1. The first-order valence-corrected chi connectivity index (χ1v) is 5.09. The topological polar surface area (TPSA) is 57.5 Å². The van der Waals surface area contributed by atoms with Crippen molar-refractivity contribution >= 4 is 11.5 Å². The maximum Gasteiger partial charge on any atom is 0.156 e. The summed E-state index contributed by atoms with van der Waals surface area (Å²) in [6.07, 6.45) is 4.12. The number of ketones is 1. The number of carbonyl (C=O) groups excluding carboxylic acids is 1. The molecule has 82 valence electrons. The summed E-state index contributed by atoms with van der Waals surface area (Å²) in [5, 5.41) is 19.1. The van der Waals surface area contributed by atoms with Gasteiger partial charge in [-0.3, -0.25) is 4.79 Å². The highest BCUT2D eigenvalue weighted by atomic mass is 16.3. The van der Waals surface area contributed by atoms with Gasteiger partial charge in [0.1, 0.15) is 11.5 Å². The second-order valence-corrected chi connectivity index (χ2v) is 3.72. The number of aliphatic hydroxyl groups is 1. The van der Waals surface area contributed by atoms with Crippen LogP contribution in [0.25, 0.3) is 5.76 Å². The molecule has 0 bridgehead atoms. The smallest absolute Gasteiger partial charge is 0.156 e. The molecule has 3 heteroatoms. The summed E-state index contributed by atoms with van der Waals surface area (Å²) < 4.78 is 0. The minimum atomic E-state index is 0.0854. The van der Waals surface area contributed by atoms with Crippen LogP contribution in [0, 0.1) is 0 Å². The zero-order valence-electron chi connectivity index (χ0n) is 8.68. The van der Waals surface area contributed by atoms with E-state index in [4.69, 9.17) is 5.11 Å². The largest absolute Gasteiger partial charge is 0.508 e. The fourth-order valence-corrected chi connectivity index (χ4v) is 1.62. The van der Waals surface area contributed by atoms with Gasteiger partial charge in [0.2, 0.25) is 0 Å². The van der Waals surface area contributed by atoms with Crippen LogP contribution in [0.5, 0.6) is 5.75 Å². The number of benzene rings is 1. The van der Waals surface area contributed by atoms with E-state index >= 15 is 0 Å². The van der Waals surface area contributed by atoms with Crippen molar-refractivity contribution in [1.29, 1.82) is 0 Å². The Morgan fingerprint density at radius 1 is 1.06 bits per heavy atom. The van der Waals surface area contributed by atoms with Gasteiger partial charge >= 0.3 is 0 Å². The lowest BCUT2D eigenvalue weighted by Gasteiger charge is -2.10. The molecule has 0 saturated carbocycles. The predicted molar refractivity (Wildman–Crippen MR) is 61.0 cm³/mol. The molecule has 0 atom stereocenters. The van der Waals surface area contributed by atoms with Crippen molar-refractivity contribution in [3.8, 4) is 5.75 Å². The molecule has 0 amide bonds. The van der Waals surface area contributed by atoms with Gasteiger partial charge in [0.15, 0.2) is 5.78 Å². The van der Waals surface area contributed by atoms with Crippen LogP contribution in [-0.2, 0) is 4.79 Å². The number of aromatic hydroxyl groups is 1. The monoisotopic (exact) mass is 216 g/mol. The zero-order valence-corrected chi connectivity index (χ0v) is 8.68. The van der Waals surface area contributed by atoms with E-state index < -0.39 is 0 Å². The van der Waals surface area contributed by atoms with E-state index in [1.807, 2.05) is 0 Å².